The van der Waals surface area contributed by atoms with Gasteiger partial charge >= 0.3 is 0 Å². The number of fused-ring (bicyclic) bond motifs is 1. The van der Waals surface area contributed by atoms with E-state index in [0.29, 0.717) is 11.3 Å². The fourth-order valence-electron chi connectivity index (χ4n) is 2.07. The highest BCUT2D eigenvalue weighted by Crippen LogP contribution is 2.30. The first-order chi connectivity index (χ1) is 9.15. The van der Waals surface area contributed by atoms with Crippen LogP contribution in [0.2, 0.25) is 0 Å². The van der Waals surface area contributed by atoms with Crippen LogP contribution in [0.1, 0.15) is 17.4 Å². The van der Waals surface area contributed by atoms with Crippen LogP contribution in [0, 0.1) is 5.82 Å². The third-order valence-electron chi connectivity index (χ3n) is 3.04. The lowest BCUT2D eigenvalue weighted by Gasteiger charge is -2.10. The first-order valence-electron chi connectivity index (χ1n) is 5.84. The first-order valence-corrected chi connectivity index (χ1v) is 6.63. The summed E-state index contributed by atoms with van der Waals surface area (Å²) in [7, 11) is 0. The zero-order valence-electron chi connectivity index (χ0n) is 9.94. The molecule has 0 fully saturated rings. The largest absolute Gasteiger partial charge is 0.459 e. The molecule has 0 saturated heterocycles. The zero-order chi connectivity index (χ0) is 13.4. The van der Waals surface area contributed by atoms with E-state index in [2.05, 4.69) is 15.9 Å². The Balaban J connectivity index is 2.07. The predicted octanol–water partition coefficient (Wildman–Crippen LogP) is 4.38. The van der Waals surface area contributed by atoms with Gasteiger partial charge in [0, 0.05) is 9.86 Å². The van der Waals surface area contributed by atoms with Crippen molar-refractivity contribution in [1.82, 2.24) is 0 Å². The van der Waals surface area contributed by atoms with Crippen molar-refractivity contribution in [3.8, 4) is 0 Å². The van der Waals surface area contributed by atoms with Crippen molar-refractivity contribution in [2.45, 2.75) is 6.04 Å². The van der Waals surface area contributed by atoms with Gasteiger partial charge in [0.25, 0.3) is 0 Å². The maximum absolute atomic E-state index is 13.2. The molecule has 96 valence electrons. The second kappa shape index (κ2) is 4.79. The monoisotopic (exact) mass is 319 g/mol. The number of nitrogens with two attached hydrogens (primary N) is 1. The van der Waals surface area contributed by atoms with Gasteiger partial charge in [0.15, 0.2) is 0 Å². The molecular formula is C15H11BrFNO. The summed E-state index contributed by atoms with van der Waals surface area (Å²) in [6.45, 7) is 0. The molecule has 3 aromatic rings. The normalized spacial score (nSPS) is 12.8. The van der Waals surface area contributed by atoms with Gasteiger partial charge in [0.05, 0.1) is 6.04 Å². The first kappa shape index (κ1) is 12.4. The maximum Gasteiger partial charge on any atom is 0.134 e. The molecule has 1 aromatic heterocycles. The molecule has 0 aliphatic heterocycles. The number of rotatable bonds is 2. The van der Waals surface area contributed by atoms with E-state index in [4.69, 9.17) is 10.2 Å². The lowest BCUT2D eigenvalue weighted by Crippen LogP contribution is -2.11. The standard InChI is InChI=1S/C15H11BrFNO/c16-12-4-2-1-3-11(12)15(18)14-8-9-7-10(17)5-6-13(9)19-14/h1-8,15H,18H2. The van der Waals surface area contributed by atoms with Crippen LogP contribution in [-0.4, -0.2) is 0 Å². The minimum Gasteiger partial charge on any atom is -0.459 e. The molecule has 0 radical (unpaired) electrons. The second-order valence-electron chi connectivity index (χ2n) is 4.33. The van der Waals surface area contributed by atoms with E-state index >= 15 is 0 Å². The van der Waals surface area contributed by atoms with Crippen LogP contribution >= 0.6 is 15.9 Å². The highest BCUT2D eigenvalue weighted by molar-refractivity contribution is 9.10. The molecule has 1 unspecified atom stereocenters. The molecule has 1 atom stereocenters. The number of hydrogen-bond donors (Lipinski definition) is 1. The molecule has 2 N–H and O–H groups in total. The summed E-state index contributed by atoms with van der Waals surface area (Å²) >= 11 is 3.47. The average Bonchev–Trinajstić information content (AvgIpc) is 2.81. The van der Waals surface area contributed by atoms with Gasteiger partial charge in [0.1, 0.15) is 17.2 Å². The minimum atomic E-state index is -0.383. The van der Waals surface area contributed by atoms with Gasteiger partial charge in [-0.15, -0.1) is 0 Å². The molecule has 19 heavy (non-hydrogen) atoms. The highest BCUT2D eigenvalue weighted by atomic mass is 79.9. The molecule has 0 bridgehead atoms. The van der Waals surface area contributed by atoms with Crippen LogP contribution in [0.15, 0.2) is 57.4 Å². The summed E-state index contributed by atoms with van der Waals surface area (Å²) in [5.74, 6) is 0.335. The molecule has 0 aliphatic rings. The summed E-state index contributed by atoms with van der Waals surface area (Å²) in [6, 6.07) is 13.5. The molecule has 4 heteroatoms. The number of furan rings is 1. The summed E-state index contributed by atoms with van der Waals surface area (Å²) in [5.41, 5.74) is 7.77. The zero-order valence-corrected chi connectivity index (χ0v) is 11.5. The topological polar surface area (TPSA) is 39.2 Å². The Labute approximate surface area is 118 Å². The summed E-state index contributed by atoms with van der Waals surface area (Å²) in [4.78, 5) is 0. The molecule has 3 rings (SSSR count). The van der Waals surface area contributed by atoms with Crippen molar-refractivity contribution in [1.29, 1.82) is 0 Å². The van der Waals surface area contributed by atoms with Gasteiger partial charge in [-0.3, -0.25) is 0 Å². The van der Waals surface area contributed by atoms with E-state index in [1.54, 1.807) is 12.1 Å². The molecule has 0 saturated carbocycles. The van der Waals surface area contributed by atoms with E-state index in [1.807, 2.05) is 24.3 Å². The number of halogens is 2. The molecule has 0 spiro atoms. The quantitative estimate of drug-likeness (QED) is 0.761. The Morgan fingerprint density at radius 3 is 2.68 bits per heavy atom. The Kier molecular flexibility index (Phi) is 3.12. The third-order valence-corrected chi connectivity index (χ3v) is 3.77. The number of hydrogen-bond acceptors (Lipinski definition) is 2. The van der Waals surface area contributed by atoms with Gasteiger partial charge in [-0.1, -0.05) is 34.1 Å². The molecule has 2 aromatic carbocycles. The third kappa shape index (κ3) is 2.29. The predicted molar refractivity (Wildman–Crippen MR) is 76.3 cm³/mol. The second-order valence-corrected chi connectivity index (χ2v) is 5.18. The molecular weight excluding hydrogens is 309 g/mol. The van der Waals surface area contributed by atoms with Crippen molar-refractivity contribution in [2.24, 2.45) is 5.73 Å². The maximum atomic E-state index is 13.2. The van der Waals surface area contributed by atoms with Crippen LogP contribution in [-0.2, 0) is 0 Å². The van der Waals surface area contributed by atoms with Gasteiger partial charge in [-0.05, 0) is 35.9 Å². The Hall–Kier alpha value is -1.65. The van der Waals surface area contributed by atoms with E-state index in [0.717, 1.165) is 15.4 Å². The molecule has 0 amide bonds. The molecule has 2 nitrogen and oxygen atoms in total. The van der Waals surface area contributed by atoms with Gasteiger partial charge in [-0.25, -0.2) is 4.39 Å². The van der Waals surface area contributed by atoms with Gasteiger partial charge in [0.2, 0.25) is 0 Å². The fraction of sp³-hybridized carbons (Fsp3) is 0.0667. The van der Waals surface area contributed by atoms with Crippen LogP contribution in [0.25, 0.3) is 11.0 Å². The van der Waals surface area contributed by atoms with Crippen LogP contribution in [0.5, 0.6) is 0 Å². The van der Waals surface area contributed by atoms with Crippen molar-refractivity contribution >= 4 is 26.9 Å². The lowest BCUT2D eigenvalue weighted by atomic mass is 10.1. The van der Waals surface area contributed by atoms with E-state index in [9.17, 15) is 4.39 Å². The summed E-state index contributed by atoms with van der Waals surface area (Å²) in [6.07, 6.45) is 0. The Morgan fingerprint density at radius 1 is 1.11 bits per heavy atom. The van der Waals surface area contributed by atoms with Crippen LogP contribution in [0.3, 0.4) is 0 Å². The average molecular weight is 320 g/mol. The fourth-order valence-corrected chi connectivity index (χ4v) is 2.60. The van der Waals surface area contributed by atoms with Gasteiger partial charge in [-0.2, -0.15) is 0 Å². The van der Waals surface area contributed by atoms with Crippen LogP contribution in [0.4, 0.5) is 4.39 Å². The molecule has 0 aliphatic carbocycles. The smallest absolute Gasteiger partial charge is 0.134 e. The van der Waals surface area contributed by atoms with Crippen molar-refractivity contribution in [3.63, 3.8) is 0 Å². The van der Waals surface area contributed by atoms with E-state index < -0.39 is 0 Å². The van der Waals surface area contributed by atoms with E-state index in [1.165, 1.54) is 12.1 Å². The Bertz CT molecular complexity index is 738. The number of benzene rings is 2. The highest BCUT2D eigenvalue weighted by Gasteiger charge is 2.16. The van der Waals surface area contributed by atoms with Crippen LogP contribution < -0.4 is 5.73 Å². The van der Waals surface area contributed by atoms with Gasteiger partial charge < -0.3 is 10.2 Å². The minimum absolute atomic E-state index is 0.283. The Morgan fingerprint density at radius 2 is 1.89 bits per heavy atom. The lowest BCUT2D eigenvalue weighted by molar-refractivity contribution is 0.524. The van der Waals surface area contributed by atoms with E-state index in [-0.39, 0.29) is 11.9 Å². The summed E-state index contributed by atoms with van der Waals surface area (Å²) in [5, 5.41) is 0.720. The van der Waals surface area contributed by atoms with Crippen molar-refractivity contribution in [2.75, 3.05) is 0 Å². The molecule has 1 heterocycles. The summed E-state index contributed by atoms with van der Waals surface area (Å²) < 4.78 is 19.8. The SMILES string of the molecule is NC(c1cc2cc(F)ccc2o1)c1ccccc1Br. The van der Waals surface area contributed by atoms with Crippen molar-refractivity contribution in [3.05, 3.63) is 70.1 Å². The van der Waals surface area contributed by atoms with Crippen molar-refractivity contribution < 1.29 is 8.81 Å².